The number of nitrogens with zero attached hydrogens (tertiary/aromatic N) is 1. The molecule has 0 amide bonds. The van der Waals surface area contributed by atoms with E-state index in [1.807, 2.05) is 30.3 Å². The highest BCUT2D eigenvalue weighted by molar-refractivity contribution is 9.11. The first kappa shape index (κ1) is 19.3. The third kappa shape index (κ3) is 4.64. The first-order valence-electron chi connectivity index (χ1n) is 7.74. The quantitative estimate of drug-likeness (QED) is 0.462. The molecule has 0 radical (unpaired) electrons. The van der Waals surface area contributed by atoms with Gasteiger partial charge >= 0.3 is 11.9 Å². The van der Waals surface area contributed by atoms with E-state index < -0.39 is 11.9 Å². The fourth-order valence-electron chi connectivity index (χ4n) is 2.26. The van der Waals surface area contributed by atoms with Gasteiger partial charge < -0.3 is 14.2 Å². The summed E-state index contributed by atoms with van der Waals surface area (Å²) in [5, 5.41) is 0. The number of halogens is 2. The monoisotopic (exact) mass is 493 g/mol. The Labute approximate surface area is 172 Å². The van der Waals surface area contributed by atoms with Gasteiger partial charge in [0.15, 0.2) is 12.3 Å². The molecule has 1 heterocycles. The molecule has 0 spiro atoms. The van der Waals surface area contributed by atoms with Crippen molar-refractivity contribution in [2.45, 2.75) is 0 Å². The number of ether oxygens (including phenoxy) is 3. The van der Waals surface area contributed by atoms with Gasteiger partial charge in [0, 0.05) is 5.56 Å². The van der Waals surface area contributed by atoms with E-state index in [0.29, 0.717) is 20.3 Å². The lowest BCUT2D eigenvalue weighted by Gasteiger charge is -2.10. The number of carbonyl (C=O) groups excluding carboxylic acids is 2. The number of cyclic esters (lactones) is 1. The number of hydrogen-bond acceptors (Lipinski definition) is 6. The molecule has 0 bridgehead atoms. The van der Waals surface area contributed by atoms with Crippen LogP contribution >= 0.6 is 31.9 Å². The Morgan fingerprint density at radius 2 is 1.85 bits per heavy atom. The van der Waals surface area contributed by atoms with Crippen molar-refractivity contribution < 1.29 is 23.8 Å². The molecule has 138 valence electrons. The van der Waals surface area contributed by atoms with Crippen molar-refractivity contribution in [1.29, 1.82) is 0 Å². The molecule has 27 heavy (non-hydrogen) atoms. The predicted molar refractivity (Wildman–Crippen MR) is 106 cm³/mol. The van der Waals surface area contributed by atoms with Gasteiger partial charge in [0.2, 0.25) is 5.90 Å². The molecule has 2 aromatic rings. The maximum atomic E-state index is 12.1. The number of hydrogen-bond donors (Lipinski definition) is 0. The first-order valence-corrected chi connectivity index (χ1v) is 9.33. The van der Waals surface area contributed by atoms with Crippen LogP contribution in [0.5, 0.6) is 5.75 Å². The standard InChI is InChI=1S/C19H13Br2NO5/c1-25-16(23)10-26-17-13(20)7-11(8-14(17)21)9-15-19(24)27-18(22-15)12-5-3-2-4-6-12/h2-9H,10H2,1H3/b15-9-. The Bertz CT molecular complexity index is 931. The third-order valence-corrected chi connectivity index (χ3v) is 4.71. The molecule has 2 aromatic carbocycles. The van der Waals surface area contributed by atoms with Gasteiger partial charge in [-0.3, -0.25) is 0 Å². The van der Waals surface area contributed by atoms with Gasteiger partial charge in [-0.15, -0.1) is 0 Å². The lowest BCUT2D eigenvalue weighted by Crippen LogP contribution is -2.13. The highest BCUT2D eigenvalue weighted by Gasteiger charge is 2.24. The van der Waals surface area contributed by atoms with Gasteiger partial charge in [-0.25, -0.2) is 14.6 Å². The van der Waals surface area contributed by atoms with Crippen molar-refractivity contribution >= 4 is 55.8 Å². The Hall–Kier alpha value is -2.45. The van der Waals surface area contributed by atoms with Crippen LogP contribution < -0.4 is 4.74 Å². The summed E-state index contributed by atoms with van der Waals surface area (Å²) in [5.74, 6) is -0.295. The molecule has 0 aromatic heterocycles. The van der Waals surface area contributed by atoms with Crippen molar-refractivity contribution in [2.24, 2.45) is 4.99 Å². The van der Waals surface area contributed by atoms with Crippen molar-refractivity contribution in [1.82, 2.24) is 0 Å². The SMILES string of the molecule is COC(=O)COc1c(Br)cc(/C=C2\N=C(c3ccccc3)OC2=O)cc1Br. The Morgan fingerprint density at radius 1 is 1.19 bits per heavy atom. The van der Waals surface area contributed by atoms with E-state index in [1.54, 1.807) is 18.2 Å². The van der Waals surface area contributed by atoms with Gasteiger partial charge in [-0.1, -0.05) is 18.2 Å². The molecule has 1 aliphatic rings. The van der Waals surface area contributed by atoms with Gasteiger partial charge in [0.25, 0.3) is 0 Å². The minimum absolute atomic E-state index is 0.191. The van der Waals surface area contributed by atoms with Crippen LogP contribution in [0.2, 0.25) is 0 Å². The second kappa shape index (κ2) is 8.49. The van der Waals surface area contributed by atoms with Crippen LogP contribution in [0.4, 0.5) is 0 Å². The predicted octanol–water partition coefficient (Wildman–Crippen LogP) is 4.11. The van der Waals surface area contributed by atoms with E-state index in [4.69, 9.17) is 9.47 Å². The van der Waals surface area contributed by atoms with E-state index in [1.165, 1.54) is 7.11 Å². The molecule has 0 saturated heterocycles. The maximum absolute atomic E-state index is 12.1. The van der Waals surface area contributed by atoms with Crippen LogP contribution in [-0.4, -0.2) is 31.6 Å². The van der Waals surface area contributed by atoms with E-state index in [9.17, 15) is 9.59 Å². The highest BCUT2D eigenvalue weighted by Crippen LogP contribution is 2.35. The van der Waals surface area contributed by atoms with E-state index in [2.05, 4.69) is 41.6 Å². The van der Waals surface area contributed by atoms with Gasteiger partial charge in [-0.2, -0.15) is 0 Å². The first-order chi connectivity index (χ1) is 13.0. The molecule has 0 aliphatic carbocycles. The van der Waals surface area contributed by atoms with Crippen molar-refractivity contribution in [3.8, 4) is 5.75 Å². The molecule has 6 nitrogen and oxygen atoms in total. The van der Waals surface area contributed by atoms with E-state index in [-0.39, 0.29) is 18.2 Å². The van der Waals surface area contributed by atoms with Crippen LogP contribution in [0.3, 0.4) is 0 Å². The molecule has 0 saturated carbocycles. The van der Waals surface area contributed by atoms with Crippen LogP contribution in [-0.2, 0) is 19.1 Å². The molecule has 8 heteroatoms. The summed E-state index contributed by atoms with van der Waals surface area (Å²) < 4.78 is 16.4. The zero-order chi connectivity index (χ0) is 19.4. The Balaban J connectivity index is 1.85. The second-order valence-electron chi connectivity index (χ2n) is 5.38. The number of aliphatic imine (C=N–C) groups is 1. The highest BCUT2D eigenvalue weighted by atomic mass is 79.9. The molecule has 0 unspecified atom stereocenters. The summed E-state index contributed by atoms with van der Waals surface area (Å²) in [6, 6.07) is 12.7. The summed E-state index contributed by atoms with van der Waals surface area (Å²) in [6.07, 6.45) is 1.61. The lowest BCUT2D eigenvalue weighted by molar-refractivity contribution is -0.143. The minimum Gasteiger partial charge on any atom is -0.480 e. The fourth-order valence-corrected chi connectivity index (χ4v) is 3.71. The summed E-state index contributed by atoms with van der Waals surface area (Å²) in [5.41, 5.74) is 1.61. The fraction of sp³-hybridized carbons (Fsp3) is 0.105. The second-order valence-corrected chi connectivity index (χ2v) is 7.09. The number of benzene rings is 2. The Morgan fingerprint density at radius 3 is 2.48 bits per heavy atom. The molecule has 0 N–H and O–H groups in total. The average Bonchev–Trinajstić information content (AvgIpc) is 3.02. The smallest absolute Gasteiger partial charge is 0.363 e. The Kier molecular flexibility index (Phi) is 6.08. The number of methoxy groups -OCH3 is 1. The summed E-state index contributed by atoms with van der Waals surface area (Å²) in [6.45, 7) is -0.217. The maximum Gasteiger partial charge on any atom is 0.363 e. The lowest BCUT2D eigenvalue weighted by atomic mass is 10.2. The van der Waals surface area contributed by atoms with Crippen LogP contribution in [0.25, 0.3) is 6.08 Å². The van der Waals surface area contributed by atoms with Crippen molar-refractivity contribution in [3.05, 3.63) is 68.2 Å². The van der Waals surface area contributed by atoms with Gasteiger partial charge in [0.1, 0.15) is 5.75 Å². The zero-order valence-corrected chi connectivity index (χ0v) is 17.2. The summed E-state index contributed by atoms with van der Waals surface area (Å²) in [7, 11) is 1.29. The van der Waals surface area contributed by atoms with Crippen LogP contribution in [0.15, 0.2) is 62.1 Å². The summed E-state index contributed by atoms with van der Waals surface area (Å²) in [4.78, 5) is 27.6. The van der Waals surface area contributed by atoms with Gasteiger partial charge in [-0.05, 0) is 67.8 Å². The normalized spacial score (nSPS) is 14.7. The number of esters is 2. The van der Waals surface area contributed by atoms with Crippen molar-refractivity contribution in [2.75, 3.05) is 13.7 Å². The molecule has 0 atom stereocenters. The molecule has 1 aliphatic heterocycles. The van der Waals surface area contributed by atoms with E-state index >= 15 is 0 Å². The molecule has 0 fully saturated rings. The zero-order valence-electron chi connectivity index (χ0n) is 14.1. The summed E-state index contributed by atoms with van der Waals surface area (Å²) >= 11 is 6.79. The van der Waals surface area contributed by atoms with Gasteiger partial charge in [0.05, 0.1) is 16.1 Å². The van der Waals surface area contributed by atoms with Crippen molar-refractivity contribution in [3.63, 3.8) is 0 Å². The molecule has 3 rings (SSSR count). The average molecular weight is 495 g/mol. The third-order valence-electron chi connectivity index (χ3n) is 3.53. The number of rotatable bonds is 5. The van der Waals surface area contributed by atoms with Crippen LogP contribution in [0.1, 0.15) is 11.1 Å². The van der Waals surface area contributed by atoms with E-state index in [0.717, 1.165) is 5.56 Å². The largest absolute Gasteiger partial charge is 0.480 e. The molecular weight excluding hydrogens is 482 g/mol. The minimum atomic E-state index is -0.521. The van der Waals surface area contributed by atoms with Crippen LogP contribution in [0, 0.1) is 0 Å². The topological polar surface area (TPSA) is 74.2 Å². The molecular formula is C19H13Br2NO5. The number of carbonyl (C=O) groups is 2.